The van der Waals surface area contributed by atoms with Crippen LogP contribution in [0.25, 0.3) is 0 Å². The van der Waals surface area contributed by atoms with Crippen LogP contribution in [-0.4, -0.2) is 52.8 Å². The summed E-state index contributed by atoms with van der Waals surface area (Å²) in [5, 5.41) is 0. The van der Waals surface area contributed by atoms with Crippen LogP contribution in [0.5, 0.6) is 0 Å². The Labute approximate surface area is 160 Å². The van der Waals surface area contributed by atoms with E-state index in [-0.39, 0.29) is 23.8 Å². The Morgan fingerprint density at radius 1 is 1.22 bits per heavy atom. The number of nitrogens with zero attached hydrogens (tertiary/aromatic N) is 3. The highest BCUT2D eigenvalue weighted by molar-refractivity contribution is 5.95. The molecule has 2 aromatic rings. The van der Waals surface area contributed by atoms with Crippen molar-refractivity contribution >= 4 is 11.8 Å². The molecule has 1 aliphatic heterocycles. The number of aromatic nitrogens is 1. The maximum absolute atomic E-state index is 12.9. The third-order valence-electron chi connectivity index (χ3n) is 5.29. The molecule has 0 atom stereocenters. The minimum atomic E-state index is -0.0773. The van der Waals surface area contributed by atoms with E-state index in [0.717, 1.165) is 24.2 Å². The molecule has 3 heterocycles. The smallest absolute Gasteiger partial charge is 0.289 e. The van der Waals surface area contributed by atoms with Crippen molar-refractivity contribution in [2.45, 2.75) is 45.6 Å². The van der Waals surface area contributed by atoms with Crippen LogP contribution >= 0.6 is 0 Å². The number of furan rings is 1. The Morgan fingerprint density at radius 2 is 1.93 bits per heavy atom. The lowest BCUT2D eigenvalue weighted by Gasteiger charge is -2.32. The molecule has 2 aromatic heterocycles. The highest BCUT2D eigenvalue weighted by Gasteiger charge is 2.30. The number of aryl methyl sites for hydroxylation is 1. The van der Waals surface area contributed by atoms with Gasteiger partial charge in [0.25, 0.3) is 11.8 Å². The fraction of sp³-hybridized carbons (Fsp3) is 0.476. The van der Waals surface area contributed by atoms with Crippen LogP contribution in [0.4, 0.5) is 0 Å². The van der Waals surface area contributed by atoms with Crippen molar-refractivity contribution < 1.29 is 14.0 Å². The van der Waals surface area contributed by atoms with Crippen LogP contribution in [0.2, 0.25) is 0 Å². The Hall–Kier alpha value is -2.63. The molecule has 2 amide bonds. The normalized spacial score (nSPS) is 15.2. The number of carbonyl (C=O) groups excluding carboxylic acids is 2. The van der Waals surface area contributed by atoms with E-state index in [1.54, 1.807) is 17.0 Å². The molecule has 6 nitrogen and oxygen atoms in total. The molecule has 0 aliphatic carbocycles. The molecule has 1 aliphatic rings. The van der Waals surface area contributed by atoms with Gasteiger partial charge in [-0.1, -0.05) is 0 Å². The fourth-order valence-corrected chi connectivity index (χ4v) is 3.41. The van der Waals surface area contributed by atoms with E-state index in [1.807, 2.05) is 44.9 Å². The number of amides is 2. The first-order valence-corrected chi connectivity index (χ1v) is 9.46. The van der Waals surface area contributed by atoms with Crippen LogP contribution in [0.3, 0.4) is 0 Å². The zero-order chi connectivity index (χ0) is 19.6. The molecule has 0 aromatic carbocycles. The average Bonchev–Trinajstić information content (AvgIpc) is 3.21. The Kier molecular flexibility index (Phi) is 5.63. The summed E-state index contributed by atoms with van der Waals surface area (Å²) in [6.45, 7) is 7.20. The molecule has 0 N–H and O–H groups in total. The molecule has 1 fully saturated rings. The lowest BCUT2D eigenvalue weighted by atomic mass is 9.89. The first kappa shape index (κ1) is 19.1. The number of piperidine rings is 1. The van der Waals surface area contributed by atoms with Crippen molar-refractivity contribution in [3.05, 3.63) is 53.2 Å². The number of carbonyl (C=O) groups is 2. The summed E-state index contributed by atoms with van der Waals surface area (Å²) in [7, 11) is 1.82. The van der Waals surface area contributed by atoms with Gasteiger partial charge in [0.05, 0.1) is 17.5 Å². The number of hydrogen-bond acceptors (Lipinski definition) is 4. The average molecular weight is 369 g/mol. The second kappa shape index (κ2) is 7.94. The van der Waals surface area contributed by atoms with E-state index in [2.05, 4.69) is 0 Å². The van der Waals surface area contributed by atoms with E-state index in [9.17, 15) is 9.59 Å². The maximum Gasteiger partial charge on any atom is 0.289 e. The van der Waals surface area contributed by atoms with Gasteiger partial charge >= 0.3 is 0 Å². The summed E-state index contributed by atoms with van der Waals surface area (Å²) in [4.78, 5) is 33.6. The first-order chi connectivity index (χ1) is 12.9. The molecule has 6 heteroatoms. The minimum Gasteiger partial charge on any atom is -0.459 e. The summed E-state index contributed by atoms with van der Waals surface area (Å²) in [5.41, 5.74) is 2.44. The molecule has 0 unspecified atom stereocenters. The predicted molar refractivity (Wildman–Crippen MR) is 103 cm³/mol. The molecular weight excluding hydrogens is 342 g/mol. The van der Waals surface area contributed by atoms with E-state index in [4.69, 9.17) is 9.40 Å². The molecule has 144 valence electrons. The summed E-state index contributed by atoms with van der Waals surface area (Å²) in [6.07, 6.45) is 3.09. The van der Waals surface area contributed by atoms with Crippen molar-refractivity contribution in [3.63, 3.8) is 0 Å². The second-order valence-corrected chi connectivity index (χ2v) is 7.44. The molecule has 0 radical (unpaired) electrons. The van der Waals surface area contributed by atoms with Crippen molar-refractivity contribution in [3.8, 4) is 0 Å². The van der Waals surface area contributed by atoms with E-state index < -0.39 is 0 Å². The Bertz CT molecular complexity index is 806. The lowest BCUT2D eigenvalue weighted by Crippen LogP contribution is -2.39. The topological polar surface area (TPSA) is 66.7 Å². The molecule has 3 rings (SSSR count). The third kappa shape index (κ3) is 4.04. The molecule has 0 saturated carbocycles. The number of pyridine rings is 1. The van der Waals surface area contributed by atoms with Crippen LogP contribution in [0, 0.1) is 6.92 Å². The van der Waals surface area contributed by atoms with Crippen molar-refractivity contribution in [2.75, 3.05) is 20.1 Å². The molecular formula is C21H27N3O3. The summed E-state index contributed by atoms with van der Waals surface area (Å²) < 4.78 is 5.22. The summed E-state index contributed by atoms with van der Waals surface area (Å²) in [5.74, 6) is 0.467. The van der Waals surface area contributed by atoms with Gasteiger partial charge in [0.1, 0.15) is 0 Å². The Morgan fingerprint density at radius 3 is 2.52 bits per heavy atom. The van der Waals surface area contributed by atoms with Crippen molar-refractivity contribution in [2.24, 2.45) is 0 Å². The number of hydrogen-bond donors (Lipinski definition) is 0. The third-order valence-corrected chi connectivity index (χ3v) is 5.29. The highest BCUT2D eigenvalue weighted by Crippen LogP contribution is 2.30. The van der Waals surface area contributed by atoms with Gasteiger partial charge in [-0.05, 0) is 57.9 Å². The van der Waals surface area contributed by atoms with Gasteiger partial charge in [-0.25, -0.2) is 0 Å². The zero-order valence-electron chi connectivity index (χ0n) is 16.4. The quantitative estimate of drug-likeness (QED) is 0.827. The van der Waals surface area contributed by atoms with Gasteiger partial charge in [0.15, 0.2) is 5.76 Å². The van der Waals surface area contributed by atoms with Gasteiger partial charge in [-0.2, -0.15) is 0 Å². The molecule has 27 heavy (non-hydrogen) atoms. The monoisotopic (exact) mass is 369 g/mol. The summed E-state index contributed by atoms with van der Waals surface area (Å²) >= 11 is 0. The van der Waals surface area contributed by atoms with Gasteiger partial charge in [-0.3, -0.25) is 14.6 Å². The maximum atomic E-state index is 12.9. The van der Waals surface area contributed by atoms with Crippen molar-refractivity contribution in [1.29, 1.82) is 0 Å². The van der Waals surface area contributed by atoms with Crippen LogP contribution < -0.4 is 0 Å². The second-order valence-electron chi connectivity index (χ2n) is 7.44. The van der Waals surface area contributed by atoms with Crippen LogP contribution in [0.1, 0.15) is 64.9 Å². The molecule has 1 saturated heterocycles. The zero-order valence-corrected chi connectivity index (χ0v) is 16.4. The lowest BCUT2D eigenvalue weighted by molar-refractivity contribution is 0.0674. The fourth-order valence-electron chi connectivity index (χ4n) is 3.41. The number of likely N-dealkylation sites (tertiary alicyclic amines) is 1. The SMILES string of the molecule is Cc1ccc(C(=O)N(C)C(C)C)c(C2CCN(C(=O)c3ccco3)CC2)n1. The predicted octanol–water partition coefficient (Wildman–Crippen LogP) is 3.48. The Balaban J connectivity index is 1.77. The van der Waals surface area contributed by atoms with E-state index in [1.165, 1.54) is 6.26 Å². The van der Waals surface area contributed by atoms with Gasteiger partial charge in [-0.15, -0.1) is 0 Å². The molecule has 0 bridgehead atoms. The van der Waals surface area contributed by atoms with Crippen molar-refractivity contribution in [1.82, 2.24) is 14.8 Å². The molecule has 0 spiro atoms. The van der Waals surface area contributed by atoms with Crippen LogP contribution in [0.15, 0.2) is 34.9 Å². The first-order valence-electron chi connectivity index (χ1n) is 9.46. The van der Waals surface area contributed by atoms with Crippen LogP contribution in [-0.2, 0) is 0 Å². The largest absolute Gasteiger partial charge is 0.459 e. The highest BCUT2D eigenvalue weighted by atomic mass is 16.3. The van der Waals surface area contributed by atoms with Gasteiger partial charge in [0.2, 0.25) is 0 Å². The van der Waals surface area contributed by atoms with E-state index >= 15 is 0 Å². The minimum absolute atomic E-state index is 0.00147. The van der Waals surface area contributed by atoms with Gasteiger partial charge in [0, 0.05) is 37.8 Å². The summed E-state index contributed by atoms with van der Waals surface area (Å²) in [6, 6.07) is 7.31. The van der Waals surface area contributed by atoms with Gasteiger partial charge < -0.3 is 14.2 Å². The standard InChI is InChI=1S/C21H27N3O3/c1-14(2)23(4)20(25)17-8-7-15(3)22-19(17)16-9-11-24(12-10-16)21(26)18-6-5-13-27-18/h5-8,13-14,16H,9-12H2,1-4H3. The van der Waals surface area contributed by atoms with E-state index in [0.29, 0.717) is 24.4 Å². The number of rotatable bonds is 4.